The molecule has 1 heterocycles. The molecule has 1 fully saturated rings. The molecule has 0 spiro atoms. The van der Waals surface area contributed by atoms with E-state index in [1.54, 1.807) is 31.2 Å². The largest absolute Gasteiger partial charge is 0.503 e. The van der Waals surface area contributed by atoms with Crippen LogP contribution in [0.4, 0.5) is 5.69 Å². The summed E-state index contributed by atoms with van der Waals surface area (Å²) in [5.41, 5.74) is 3.17. The van der Waals surface area contributed by atoms with Crippen molar-refractivity contribution in [1.82, 2.24) is 0 Å². The van der Waals surface area contributed by atoms with E-state index < -0.39 is 23.7 Å². The third kappa shape index (κ3) is 3.96. The Kier molecular flexibility index (Phi) is 6.41. The summed E-state index contributed by atoms with van der Waals surface area (Å²) in [5.74, 6) is -3.08. The van der Waals surface area contributed by atoms with Gasteiger partial charge >= 0.3 is 0 Å². The third-order valence-corrected chi connectivity index (χ3v) is 9.58. The van der Waals surface area contributed by atoms with Crippen LogP contribution in [0.2, 0.25) is 0 Å². The smallest absolute Gasteiger partial charge is 0.238 e. The van der Waals surface area contributed by atoms with Crippen LogP contribution >= 0.6 is 38.5 Å². The second kappa shape index (κ2) is 9.55. The highest BCUT2D eigenvalue weighted by Gasteiger charge is 2.56. The van der Waals surface area contributed by atoms with Gasteiger partial charge in [0.25, 0.3) is 0 Å². The van der Waals surface area contributed by atoms with Gasteiger partial charge in [-0.05, 0) is 112 Å². The summed E-state index contributed by atoms with van der Waals surface area (Å²) in [6.07, 6.45) is 3.90. The number of ketones is 2. The van der Waals surface area contributed by atoms with Crippen molar-refractivity contribution in [3.8, 4) is 11.5 Å². The first-order valence-electron chi connectivity index (χ1n) is 12.5. The fraction of sp³-hybridized carbons (Fsp3) is 0.267. The van der Waals surface area contributed by atoms with Crippen LogP contribution in [-0.2, 0) is 19.2 Å². The number of aromatic hydroxyl groups is 1. The number of rotatable bonds is 3. The Bertz CT molecular complexity index is 1590. The van der Waals surface area contributed by atoms with E-state index in [4.69, 9.17) is 4.74 Å². The lowest BCUT2D eigenvalue weighted by atomic mass is 9.59. The summed E-state index contributed by atoms with van der Waals surface area (Å²) >= 11 is 5.56. The highest BCUT2D eigenvalue weighted by atomic mass is 127. The van der Waals surface area contributed by atoms with Gasteiger partial charge in [-0.2, -0.15) is 0 Å². The van der Waals surface area contributed by atoms with Crippen molar-refractivity contribution in [2.45, 2.75) is 25.7 Å². The number of carbonyl (C=O) groups excluding carboxylic acids is 4. The lowest BCUT2D eigenvalue weighted by Crippen LogP contribution is -2.39. The van der Waals surface area contributed by atoms with E-state index in [9.17, 15) is 24.3 Å². The fourth-order valence-electron chi connectivity index (χ4n) is 6.50. The predicted molar refractivity (Wildman–Crippen MR) is 155 cm³/mol. The molecule has 4 unspecified atom stereocenters. The number of imide groups is 1. The number of amides is 2. The van der Waals surface area contributed by atoms with Crippen molar-refractivity contribution < 1.29 is 29.0 Å². The van der Waals surface area contributed by atoms with E-state index >= 15 is 0 Å². The second-order valence-electron chi connectivity index (χ2n) is 10.3. The van der Waals surface area contributed by atoms with Gasteiger partial charge < -0.3 is 9.84 Å². The zero-order valence-electron chi connectivity index (χ0n) is 21.0. The molecule has 1 N–H and O–H groups in total. The average Bonchev–Trinajstić information content (AvgIpc) is 3.18. The van der Waals surface area contributed by atoms with Crippen LogP contribution in [0.1, 0.15) is 31.2 Å². The lowest BCUT2D eigenvalue weighted by Gasteiger charge is -2.42. The van der Waals surface area contributed by atoms with Crippen molar-refractivity contribution in [2.24, 2.45) is 17.8 Å². The Labute approximate surface area is 246 Å². The number of methoxy groups -OCH3 is 1. The van der Waals surface area contributed by atoms with Crippen molar-refractivity contribution in [3.63, 3.8) is 0 Å². The Morgan fingerprint density at radius 1 is 1.05 bits per heavy atom. The molecule has 1 aliphatic heterocycles. The Morgan fingerprint density at radius 3 is 2.46 bits per heavy atom. The van der Waals surface area contributed by atoms with Gasteiger partial charge in [0.15, 0.2) is 23.1 Å². The molecule has 4 aliphatic rings. The van der Waals surface area contributed by atoms with Crippen molar-refractivity contribution in [1.29, 1.82) is 0 Å². The molecule has 2 aromatic carbocycles. The van der Waals surface area contributed by atoms with Crippen molar-refractivity contribution in [2.75, 3.05) is 12.0 Å². The number of benzene rings is 2. The molecule has 0 radical (unpaired) electrons. The van der Waals surface area contributed by atoms with Gasteiger partial charge in [-0.25, -0.2) is 0 Å². The maximum Gasteiger partial charge on any atom is 0.238 e. The molecular formula is C30H23BrINO6. The molecule has 1 saturated heterocycles. The molecular weight excluding hydrogens is 677 g/mol. The number of hydrogen-bond acceptors (Lipinski definition) is 6. The number of phenolic OH excluding ortho intramolecular Hbond substituents is 1. The van der Waals surface area contributed by atoms with Crippen LogP contribution in [0.5, 0.6) is 11.5 Å². The summed E-state index contributed by atoms with van der Waals surface area (Å²) in [6.45, 7) is 1.63. The molecule has 6 rings (SSSR count). The summed E-state index contributed by atoms with van der Waals surface area (Å²) in [5, 5.41) is 10.4. The predicted octanol–water partition coefficient (Wildman–Crippen LogP) is 5.40. The number of phenols is 1. The van der Waals surface area contributed by atoms with Crippen LogP contribution in [0.3, 0.4) is 0 Å². The number of anilines is 1. The van der Waals surface area contributed by atoms with E-state index in [1.165, 1.54) is 18.1 Å². The van der Waals surface area contributed by atoms with Crippen molar-refractivity contribution >= 4 is 67.6 Å². The number of allylic oxidation sites excluding steroid dienone is 6. The molecule has 0 aromatic heterocycles. The Hall–Kier alpha value is -3.05. The molecule has 7 nitrogen and oxygen atoms in total. The quantitative estimate of drug-likeness (QED) is 0.199. The number of fused-ring (bicyclic) bond motifs is 3. The van der Waals surface area contributed by atoms with E-state index in [0.29, 0.717) is 38.9 Å². The first-order valence-corrected chi connectivity index (χ1v) is 14.4. The highest BCUT2D eigenvalue weighted by Crippen LogP contribution is 2.56. The van der Waals surface area contributed by atoms with Crippen LogP contribution in [0, 0.1) is 21.3 Å². The maximum atomic E-state index is 13.9. The molecule has 2 amide bonds. The topological polar surface area (TPSA) is 101 Å². The number of ether oxygens (including phenoxy) is 1. The van der Waals surface area contributed by atoms with Crippen molar-refractivity contribution in [3.05, 3.63) is 84.4 Å². The number of halogens is 2. The monoisotopic (exact) mass is 699 g/mol. The van der Waals surface area contributed by atoms with Gasteiger partial charge in [-0.15, -0.1) is 0 Å². The molecule has 3 aliphatic carbocycles. The minimum Gasteiger partial charge on any atom is -0.503 e. The first-order chi connectivity index (χ1) is 18.6. The maximum absolute atomic E-state index is 13.9. The van der Waals surface area contributed by atoms with Gasteiger partial charge in [-0.3, -0.25) is 24.1 Å². The van der Waals surface area contributed by atoms with Gasteiger partial charge in [0.2, 0.25) is 11.8 Å². The molecule has 0 bridgehead atoms. The van der Waals surface area contributed by atoms with Gasteiger partial charge in [0.05, 0.1) is 29.1 Å². The van der Waals surface area contributed by atoms with Crippen LogP contribution in [-0.4, -0.2) is 35.6 Å². The lowest BCUT2D eigenvalue weighted by molar-refractivity contribution is -0.123. The number of carbonyl (C=O) groups is 4. The second-order valence-corrected chi connectivity index (χ2v) is 12.4. The number of hydrogen-bond donors (Lipinski definition) is 1. The highest BCUT2D eigenvalue weighted by molar-refractivity contribution is 14.1. The first kappa shape index (κ1) is 26.2. The van der Waals surface area contributed by atoms with Crippen LogP contribution in [0.25, 0.3) is 0 Å². The zero-order valence-corrected chi connectivity index (χ0v) is 24.8. The molecule has 0 saturated carbocycles. The third-order valence-electron chi connectivity index (χ3n) is 8.25. The van der Waals surface area contributed by atoms with Gasteiger partial charge in [0, 0.05) is 26.2 Å². The van der Waals surface area contributed by atoms with Crippen LogP contribution in [0.15, 0.2) is 75.3 Å². The molecule has 9 heteroatoms. The summed E-state index contributed by atoms with van der Waals surface area (Å²) in [6, 6.07) is 10.6. The van der Waals surface area contributed by atoms with E-state index in [2.05, 4.69) is 38.5 Å². The summed E-state index contributed by atoms with van der Waals surface area (Å²) in [7, 11) is 1.44. The van der Waals surface area contributed by atoms with Crippen LogP contribution < -0.4 is 9.64 Å². The zero-order chi connectivity index (χ0) is 27.7. The molecule has 198 valence electrons. The molecule has 2 aromatic rings. The summed E-state index contributed by atoms with van der Waals surface area (Å²) in [4.78, 5) is 55.6. The molecule has 4 atom stereocenters. The van der Waals surface area contributed by atoms with E-state index in [-0.39, 0.29) is 41.3 Å². The normalized spacial score (nSPS) is 26.2. The Balaban J connectivity index is 1.51. The number of nitrogens with zero attached hydrogens (tertiary/aromatic N) is 1. The Morgan fingerprint density at radius 2 is 1.77 bits per heavy atom. The minimum absolute atomic E-state index is 0.0765. The van der Waals surface area contributed by atoms with E-state index in [1.807, 2.05) is 18.2 Å². The summed E-state index contributed by atoms with van der Waals surface area (Å²) < 4.78 is 6.76. The minimum atomic E-state index is -0.648. The SMILES string of the molecule is COc1cc(C2C3=CCC4C(=O)N(c5ccc(I)cc5)C(=O)C4C3CC3=C2C(=O)C(C)=CC3=O)cc(Br)c1O. The fourth-order valence-corrected chi connectivity index (χ4v) is 7.32. The van der Waals surface area contributed by atoms with Gasteiger partial charge in [-0.1, -0.05) is 11.6 Å². The molecule has 39 heavy (non-hydrogen) atoms. The van der Waals surface area contributed by atoms with Gasteiger partial charge in [0.1, 0.15) is 0 Å². The number of Topliss-reactive ketones (excluding diaryl/α,β-unsaturated/α-hetero) is 1. The average molecular weight is 700 g/mol. The van der Waals surface area contributed by atoms with E-state index in [0.717, 1.165) is 9.14 Å². The standard InChI is InChI=1S/C30H23BrINO6/c1-13-9-22(34)20-12-19-17(24(26(20)27(13)35)14-10-21(31)28(36)23(11-14)39-2)7-8-18-25(19)30(38)33(29(18)37)16-5-3-15(32)4-6-16/h3-7,9-11,18-19,24-25,36H,8,12H2,1-2H3.